The average molecular weight is 238 g/mol. The fraction of sp³-hybridized carbons (Fsp3) is 1.00. The van der Waals surface area contributed by atoms with Gasteiger partial charge in [0.25, 0.3) is 0 Å². The molecule has 2 nitrogen and oxygen atoms in total. The van der Waals surface area contributed by atoms with Gasteiger partial charge in [0.05, 0.1) is 11.2 Å². The molecule has 4 saturated carbocycles. The molecule has 4 bridgehead atoms. The van der Waals surface area contributed by atoms with Crippen LogP contribution in [0.1, 0.15) is 64.7 Å². The van der Waals surface area contributed by atoms with Gasteiger partial charge >= 0.3 is 0 Å². The summed E-state index contributed by atoms with van der Waals surface area (Å²) in [4.78, 5) is 0. The lowest BCUT2D eigenvalue weighted by Gasteiger charge is -2.62. The Hall–Kier alpha value is -0.0800. The molecule has 0 radical (unpaired) electrons. The quantitative estimate of drug-likeness (QED) is 0.739. The van der Waals surface area contributed by atoms with Crippen molar-refractivity contribution in [3.8, 4) is 0 Å². The Morgan fingerprint density at radius 2 is 1.65 bits per heavy atom. The lowest BCUT2D eigenvalue weighted by atomic mass is 9.47. The third-order valence-electron chi connectivity index (χ3n) is 5.75. The Balaban J connectivity index is 1.74. The zero-order valence-corrected chi connectivity index (χ0v) is 11.0. The first-order valence-electron chi connectivity index (χ1n) is 7.50. The first kappa shape index (κ1) is 12.0. The minimum absolute atomic E-state index is 0.385. The van der Waals surface area contributed by atoms with Gasteiger partial charge in [0, 0.05) is 0 Å². The first-order chi connectivity index (χ1) is 8.06. The van der Waals surface area contributed by atoms with Crippen molar-refractivity contribution in [2.75, 3.05) is 0 Å². The predicted molar refractivity (Wildman–Crippen MR) is 67.6 cm³/mol. The van der Waals surface area contributed by atoms with Crippen LogP contribution in [0.3, 0.4) is 0 Å². The van der Waals surface area contributed by atoms with Crippen molar-refractivity contribution in [1.82, 2.24) is 0 Å². The highest BCUT2D eigenvalue weighted by molar-refractivity contribution is 5.12. The minimum Gasteiger partial charge on any atom is -0.390 e. The maximum absolute atomic E-state index is 11.0. The summed E-state index contributed by atoms with van der Waals surface area (Å²) in [7, 11) is 0. The Bertz CT molecular complexity index is 283. The van der Waals surface area contributed by atoms with E-state index in [4.69, 9.17) is 0 Å². The van der Waals surface area contributed by atoms with Crippen LogP contribution >= 0.6 is 0 Å². The van der Waals surface area contributed by atoms with E-state index in [1.54, 1.807) is 0 Å². The molecule has 0 spiro atoms. The fourth-order valence-electron chi connectivity index (χ4n) is 5.10. The molecular formula is C15H26O2. The van der Waals surface area contributed by atoms with Gasteiger partial charge in [0.15, 0.2) is 0 Å². The highest BCUT2D eigenvalue weighted by Gasteiger charge is 2.60. The summed E-state index contributed by atoms with van der Waals surface area (Å²) < 4.78 is 0. The second kappa shape index (κ2) is 3.96. The molecular weight excluding hydrogens is 212 g/mol. The van der Waals surface area contributed by atoms with Crippen LogP contribution in [-0.2, 0) is 0 Å². The van der Waals surface area contributed by atoms with E-state index >= 15 is 0 Å². The second-order valence-corrected chi connectivity index (χ2v) is 7.02. The predicted octanol–water partition coefficient (Wildman–Crippen LogP) is 2.87. The average Bonchev–Trinajstić information content (AvgIpc) is 2.24. The molecule has 0 aromatic rings. The molecule has 4 rings (SSSR count). The van der Waals surface area contributed by atoms with E-state index in [-0.39, 0.29) is 0 Å². The van der Waals surface area contributed by atoms with Crippen molar-refractivity contribution in [3.05, 3.63) is 0 Å². The van der Waals surface area contributed by atoms with Crippen LogP contribution in [0.15, 0.2) is 0 Å². The number of hydrogen-bond acceptors (Lipinski definition) is 2. The number of rotatable bonds is 4. The van der Waals surface area contributed by atoms with Crippen molar-refractivity contribution >= 4 is 0 Å². The van der Waals surface area contributed by atoms with E-state index in [2.05, 4.69) is 6.92 Å². The van der Waals surface area contributed by atoms with E-state index in [1.807, 2.05) is 0 Å². The van der Waals surface area contributed by atoms with Crippen LogP contribution in [0.4, 0.5) is 0 Å². The number of hydrogen-bond donors (Lipinski definition) is 2. The molecule has 2 N–H and O–H groups in total. The highest BCUT2D eigenvalue weighted by atomic mass is 16.3. The summed E-state index contributed by atoms with van der Waals surface area (Å²) in [6, 6.07) is 0. The van der Waals surface area contributed by atoms with Crippen molar-refractivity contribution in [1.29, 1.82) is 0 Å². The van der Waals surface area contributed by atoms with Gasteiger partial charge in [0.2, 0.25) is 0 Å². The van der Waals surface area contributed by atoms with Crippen LogP contribution in [-0.4, -0.2) is 21.4 Å². The summed E-state index contributed by atoms with van der Waals surface area (Å²) >= 11 is 0. The van der Waals surface area contributed by atoms with Crippen LogP contribution in [0, 0.1) is 17.8 Å². The SMILES string of the molecule is CCCCCC1(O)C2CC3CC1CC(O)(C3)C2. The lowest BCUT2D eigenvalue weighted by Crippen LogP contribution is -2.63. The van der Waals surface area contributed by atoms with Gasteiger partial charge in [0.1, 0.15) is 0 Å². The molecule has 0 aliphatic heterocycles. The maximum atomic E-state index is 11.0. The van der Waals surface area contributed by atoms with Crippen molar-refractivity contribution in [2.24, 2.45) is 17.8 Å². The zero-order chi connectivity index (χ0) is 12.1. The van der Waals surface area contributed by atoms with Gasteiger partial charge in [-0.1, -0.05) is 26.2 Å². The van der Waals surface area contributed by atoms with Crippen LogP contribution < -0.4 is 0 Å². The van der Waals surface area contributed by atoms with E-state index in [1.165, 1.54) is 25.7 Å². The highest BCUT2D eigenvalue weighted by Crippen LogP contribution is 2.61. The molecule has 2 unspecified atom stereocenters. The number of unbranched alkanes of at least 4 members (excludes halogenated alkanes) is 2. The fourth-order valence-corrected chi connectivity index (χ4v) is 5.10. The zero-order valence-electron chi connectivity index (χ0n) is 11.0. The molecule has 0 saturated heterocycles. The lowest BCUT2D eigenvalue weighted by molar-refractivity contribution is -0.229. The Morgan fingerprint density at radius 1 is 1.00 bits per heavy atom. The van der Waals surface area contributed by atoms with E-state index < -0.39 is 11.2 Å². The molecule has 0 heterocycles. The Labute approximate surface area is 104 Å². The van der Waals surface area contributed by atoms with E-state index in [0.29, 0.717) is 17.8 Å². The molecule has 2 atom stereocenters. The van der Waals surface area contributed by atoms with Crippen LogP contribution in [0.2, 0.25) is 0 Å². The third-order valence-corrected chi connectivity index (χ3v) is 5.75. The molecule has 98 valence electrons. The van der Waals surface area contributed by atoms with Gasteiger partial charge < -0.3 is 10.2 Å². The van der Waals surface area contributed by atoms with Gasteiger partial charge in [-0.05, 0) is 56.3 Å². The largest absolute Gasteiger partial charge is 0.390 e. The minimum atomic E-state index is -0.432. The van der Waals surface area contributed by atoms with Crippen molar-refractivity contribution in [3.63, 3.8) is 0 Å². The summed E-state index contributed by atoms with van der Waals surface area (Å²) in [6.45, 7) is 2.21. The molecule has 17 heavy (non-hydrogen) atoms. The number of aliphatic hydroxyl groups is 2. The molecule has 0 aromatic carbocycles. The molecule has 2 heteroatoms. The topological polar surface area (TPSA) is 40.5 Å². The van der Waals surface area contributed by atoms with Gasteiger partial charge in [-0.3, -0.25) is 0 Å². The molecule has 4 aliphatic rings. The summed E-state index contributed by atoms with van der Waals surface area (Å²) in [5, 5.41) is 21.5. The summed E-state index contributed by atoms with van der Waals surface area (Å²) in [5.74, 6) is 1.47. The van der Waals surface area contributed by atoms with Gasteiger partial charge in [-0.2, -0.15) is 0 Å². The Morgan fingerprint density at radius 3 is 2.18 bits per heavy atom. The van der Waals surface area contributed by atoms with E-state index in [9.17, 15) is 10.2 Å². The molecule has 0 amide bonds. The van der Waals surface area contributed by atoms with Crippen molar-refractivity contribution in [2.45, 2.75) is 75.9 Å². The monoisotopic (exact) mass is 238 g/mol. The van der Waals surface area contributed by atoms with Crippen LogP contribution in [0.25, 0.3) is 0 Å². The summed E-state index contributed by atoms with van der Waals surface area (Å²) in [5.41, 5.74) is -0.841. The van der Waals surface area contributed by atoms with E-state index in [0.717, 1.165) is 32.1 Å². The van der Waals surface area contributed by atoms with Crippen molar-refractivity contribution < 1.29 is 10.2 Å². The first-order valence-corrected chi connectivity index (χ1v) is 7.50. The molecule has 4 fully saturated rings. The Kier molecular flexibility index (Phi) is 2.79. The standard InChI is InChI=1S/C15H26O2/c1-2-3-4-5-15(17)12-6-11-7-13(15)10-14(16,8-11)9-12/h11-13,16-17H,2-10H2,1H3. The van der Waals surface area contributed by atoms with Gasteiger partial charge in [-0.15, -0.1) is 0 Å². The smallest absolute Gasteiger partial charge is 0.0706 e. The second-order valence-electron chi connectivity index (χ2n) is 7.02. The summed E-state index contributed by atoms with van der Waals surface area (Å²) in [6.07, 6.45) is 9.65. The molecule has 0 aromatic heterocycles. The van der Waals surface area contributed by atoms with Crippen LogP contribution in [0.5, 0.6) is 0 Å². The maximum Gasteiger partial charge on any atom is 0.0706 e. The normalized spacial score (nSPS) is 52.1. The van der Waals surface area contributed by atoms with Gasteiger partial charge in [-0.25, -0.2) is 0 Å². The molecule has 4 aliphatic carbocycles. The third kappa shape index (κ3) is 1.84.